The SMILES string of the molecule is O=C(CN1CCN(c2cccc(F)c2)C(=O)C1=O)NCc1ccco1. The minimum Gasteiger partial charge on any atom is -0.467 e. The first kappa shape index (κ1) is 16.7. The number of hydrogen-bond donors (Lipinski definition) is 1. The monoisotopic (exact) mass is 345 g/mol. The lowest BCUT2D eigenvalue weighted by molar-refractivity contribution is -0.147. The summed E-state index contributed by atoms with van der Waals surface area (Å²) in [6.45, 7) is 0.369. The van der Waals surface area contributed by atoms with Gasteiger partial charge < -0.3 is 19.5 Å². The van der Waals surface area contributed by atoms with Crippen molar-refractivity contribution in [3.8, 4) is 0 Å². The molecule has 0 radical (unpaired) electrons. The normalized spacial score (nSPS) is 14.8. The summed E-state index contributed by atoms with van der Waals surface area (Å²) in [6.07, 6.45) is 1.50. The molecular formula is C17H16FN3O4. The first-order valence-electron chi connectivity index (χ1n) is 7.70. The van der Waals surface area contributed by atoms with Gasteiger partial charge in [0.05, 0.1) is 12.8 Å². The van der Waals surface area contributed by atoms with Crippen LogP contribution in [0.15, 0.2) is 47.1 Å². The third-order valence-corrected chi connectivity index (χ3v) is 3.80. The predicted octanol–water partition coefficient (Wildman–Crippen LogP) is 0.910. The number of anilines is 1. The third kappa shape index (κ3) is 3.85. The van der Waals surface area contributed by atoms with Gasteiger partial charge in [-0.3, -0.25) is 14.4 Å². The van der Waals surface area contributed by atoms with Gasteiger partial charge in [-0.1, -0.05) is 6.07 Å². The fourth-order valence-electron chi connectivity index (χ4n) is 2.54. The van der Waals surface area contributed by atoms with Gasteiger partial charge >= 0.3 is 11.8 Å². The fourth-order valence-corrected chi connectivity index (χ4v) is 2.54. The number of hydrogen-bond acceptors (Lipinski definition) is 4. The second kappa shape index (κ2) is 7.16. The van der Waals surface area contributed by atoms with E-state index in [1.54, 1.807) is 18.2 Å². The van der Waals surface area contributed by atoms with Crippen LogP contribution in [0.1, 0.15) is 5.76 Å². The van der Waals surface area contributed by atoms with Crippen LogP contribution in [0.25, 0.3) is 0 Å². The average molecular weight is 345 g/mol. The highest BCUT2D eigenvalue weighted by Crippen LogP contribution is 2.18. The standard InChI is InChI=1S/C17H16FN3O4/c18-12-3-1-4-13(9-12)21-7-6-20(16(23)17(21)24)11-15(22)19-10-14-5-2-8-25-14/h1-5,8-9H,6-7,10-11H2,(H,19,22). The highest BCUT2D eigenvalue weighted by molar-refractivity contribution is 6.41. The Balaban J connectivity index is 1.58. The van der Waals surface area contributed by atoms with Gasteiger partial charge in [-0.05, 0) is 30.3 Å². The number of carbonyl (C=O) groups is 3. The fraction of sp³-hybridized carbons (Fsp3) is 0.235. The molecule has 1 fully saturated rings. The topological polar surface area (TPSA) is 82.9 Å². The van der Waals surface area contributed by atoms with Crippen LogP contribution in [-0.4, -0.2) is 42.3 Å². The van der Waals surface area contributed by atoms with Gasteiger partial charge in [0.1, 0.15) is 18.1 Å². The molecule has 0 unspecified atom stereocenters. The number of benzene rings is 1. The predicted molar refractivity (Wildman–Crippen MR) is 85.9 cm³/mol. The van der Waals surface area contributed by atoms with Crippen LogP contribution in [0.4, 0.5) is 10.1 Å². The zero-order valence-electron chi connectivity index (χ0n) is 13.3. The van der Waals surface area contributed by atoms with E-state index in [1.807, 2.05) is 0 Å². The molecule has 0 spiro atoms. The molecule has 2 heterocycles. The van der Waals surface area contributed by atoms with Gasteiger partial charge in [0.25, 0.3) is 0 Å². The molecule has 8 heteroatoms. The maximum Gasteiger partial charge on any atom is 0.316 e. The van der Waals surface area contributed by atoms with E-state index in [0.717, 1.165) is 0 Å². The molecule has 2 aromatic rings. The Morgan fingerprint density at radius 1 is 1.16 bits per heavy atom. The molecular weight excluding hydrogens is 329 g/mol. The summed E-state index contributed by atoms with van der Waals surface area (Å²) in [5, 5.41) is 2.62. The molecule has 3 amide bonds. The molecule has 1 N–H and O–H groups in total. The van der Waals surface area contributed by atoms with Crippen molar-refractivity contribution in [2.24, 2.45) is 0 Å². The second-order valence-electron chi connectivity index (χ2n) is 5.52. The molecule has 3 rings (SSSR count). The zero-order chi connectivity index (χ0) is 17.8. The Morgan fingerprint density at radius 2 is 2.00 bits per heavy atom. The summed E-state index contributed by atoms with van der Waals surface area (Å²) in [7, 11) is 0. The van der Waals surface area contributed by atoms with Crippen molar-refractivity contribution in [1.82, 2.24) is 10.2 Å². The van der Waals surface area contributed by atoms with Crippen molar-refractivity contribution < 1.29 is 23.2 Å². The number of rotatable bonds is 5. The Morgan fingerprint density at radius 3 is 2.72 bits per heavy atom. The van der Waals surface area contributed by atoms with Crippen LogP contribution >= 0.6 is 0 Å². The van der Waals surface area contributed by atoms with E-state index in [4.69, 9.17) is 4.42 Å². The van der Waals surface area contributed by atoms with Gasteiger partial charge in [-0.15, -0.1) is 0 Å². The smallest absolute Gasteiger partial charge is 0.316 e. The number of amides is 3. The lowest BCUT2D eigenvalue weighted by Crippen LogP contribution is -2.56. The van der Waals surface area contributed by atoms with Crippen molar-refractivity contribution in [3.63, 3.8) is 0 Å². The van der Waals surface area contributed by atoms with Gasteiger partial charge in [-0.25, -0.2) is 4.39 Å². The number of carbonyl (C=O) groups excluding carboxylic acids is 3. The molecule has 1 aliphatic heterocycles. The Kier molecular flexibility index (Phi) is 4.78. The molecule has 1 aromatic heterocycles. The van der Waals surface area contributed by atoms with E-state index in [0.29, 0.717) is 11.4 Å². The lowest BCUT2D eigenvalue weighted by Gasteiger charge is -2.33. The van der Waals surface area contributed by atoms with E-state index < -0.39 is 23.5 Å². The summed E-state index contributed by atoms with van der Waals surface area (Å²) in [4.78, 5) is 38.8. The van der Waals surface area contributed by atoms with E-state index in [-0.39, 0.29) is 26.2 Å². The number of furan rings is 1. The van der Waals surface area contributed by atoms with Crippen molar-refractivity contribution >= 4 is 23.4 Å². The highest BCUT2D eigenvalue weighted by Gasteiger charge is 2.34. The maximum absolute atomic E-state index is 13.3. The number of nitrogens with zero attached hydrogens (tertiary/aromatic N) is 2. The first-order valence-corrected chi connectivity index (χ1v) is 7.70. The Hall–Kier alpha value is -3.16. The van der Waals surface area contributed by atoms with Crippen LogP contribution < -0.4 is 10.2 Å². The van der Waals surface area contributed by atoms with Crippen molar-refractivity contribution in [1.29, 1.82) is 0 Å². The van der Waals surface area contributed by atoms with Crippen LogP contribution in [0.5, 0.6) is 0 Å². The van der Waals surface area contributed by atoms with Gasteiger partial charge in [-0.2, -0.15) is 0 Å². The molecule has 0 bridgehead atoms. The molecule has 1 aromatic carbocycles. The lowest BCUT2D eigenvalue weighted by atomic mass is 10.2. The summed E-state index contributed by atoms with van der Waals surface area (Å²) in [5.74, 6) is -1.86. The number of nitrogens with one attached hydrogen (secondary N) is 1. The summed E-state index contributed by atoms with van der Waals surface area (Å²) in [5.41, 5.74) is 0.320. The van der Waals surface area contributed by atoms with Crippen LogP contribution in [0, 0.1) is 5.82 Å². The Bertz CT molecular complexity index is 791. The van der Waals surface area contributed by atoms with E-state index >= 15 is 0 Å². The second-order valence-corrected chi connectivity index (χ2v) is 5.52. The zero-order valence-corrected chi connectivity index (χ0v) is 13.3. The van der Waals surface area contributed by atoms with Crippen LogP contribution in [0.2, 0.25) is 0 Å². The van der Waals surface area contributed by atoms with E-state index in [1.165, 1.54) is 34.3 Å². The van der Waals surface area contributed by atoms with Gasteiger partial charge in [0.15, 0.2) is 0 Å². The third-order valence-electron chi connectivity index (χ3n) is 3.80. The molecule has 7 nitrogen and oxygen atoms in total. The molecule has 1 saturated heterocycles. The largest absolute Gasteiger partial charge is 0.467 e. The minimum absolute atomic E-state index is 0.190. The number of piperazine rings is 1. The summed E-state index contributed by atoms with van der Waals surface area (Å²) < 4.78 is 18.4. The first-order chi connectivity index (χ1) is 12.0. The summed E-state index contributed by atoms with van der Waals surface area (Å²) >= 11 is 0. The molecule has 1 aliphatic rings. The van der Waals surface area contributed by atoms with Crippen molar-refractivity contribution in [2.75, 3.05) is 24.5 Å². The molecule has 0 aliphatic carbocycles. The number of halogens is 1. The highest BCUT2D eigenvalue weighted by atomic mass is 19.1. The van der Waals surface area contributed by atoms with Crippen LogP contribution in [-0.2, 0) is 20.9 Å². The van der Waals surface area contributed by atoms with Gasteiger partial charge in [0.2, 0.25) is 5.91 Å². The van der Waals surface area contributed by atoms with Gasteiger partial charge in [0, 0.05) is 18.8 Å². The van der Waals surface area contributed by atoms with Crippen molar-refractivity contribution in [3.05, 3.63) is 54.2 Å². The minimum atomic E-state index is -0.788. The molecule has 0 atom stereocenters. The molecule has 130 valence electrons. The van der Waals surface area contributed by atoms with Crippen LogP contribution in [0.3, 0.4) is 0 Å². The van der Waals surface area contributed by atoms with Crippen molar-refractivity contribution in [2.45, 2.75) is 6.54 Å². The summed E-state index contributed by atoms with van der Waals surface area (Å²) in [6, 6.07) is 8.89. The quantitative estimate of drug-likeness (QED) is 0.817. The molecule has 25 heavy (non-hydrogen) atoms. The maximum atomic E-state index is 13.3. The Labute approximate surface area is 143 Å². The van der Waals surface area contributed by atoms with E-state index in [2.05, 4.69) is 5.32 Å². The van der Waals surface area contributed by atoms with E-state index in [9.17, 15) is 18.8 Å². The average Bonchev–Trinajstić information content (AvgIpc) is 3.11. The molecule has 0 saturated carbocycles.